The lowest BCUT2D eigenvalue weighted by Crippen LogP contribution is -2.50. The predicted octanol–water partition coefficient (Wildman–Crippen LogP) is 4.68. The van der Waals surface area contributed by atoms with Crippen LogP contribution in [-0.2, 0) is 4.79 Å². The summed E-state index contributed by atoms with van der Waals surface area (Å²) in [5.41, 5.74) is -1.34. The fraction of sp³-hybridized carbons (Fsp3) is 0.520. The first-order chi connectivity index (χ1) is 19.8. The first kappa shape index (κ1) is 31.1. The number of rotatable bonds is 10. The third-order valence-corrected chi connectivity index (χ3v) is 7.21. The number of carbonyl (C=O) groups is 2. The summed E-state index contributed by atoms with van der Waals surface area (Å²) in [4.78, 5) is 38.8. The van der Waals surface area contributed by atoms with Crippen LogP contribution in [0.4, 0.5) is 27.6 Å². The summed E-state index contributed by atoms with van der Waals surface area (Å²) >= 11 is 5.80. The van der Waals surface area contributed by atoms with E-state index in [1.807, 2.05) is 0 Å². The van der Waals surface area contributed by atoms with E-state index in [1.165, 1.54) is 0 Å². The summed E-state index contributed by atoms with van der Waals surface area (Å²) in [6, 6.07) is -1.84. The molecule has 0 radical (unpaired) electrons. The average Bonchev–Trinajstić information content (AvgIpc) is 3.55. The van der Waals surface area contributed by atoms with Gasteiger partial charge < -0.3 is 15.2 Å². The second-order valence-corrected chi connectivity index (χ2v) is 10.7. The van der Waals surface area contributed by atoms with E-state index in [0.717, 1.165) is 23.2 Å². The van der Waals surface area contributed by atoms with Gasteiger partial charge >= 0.3 is 0 Å². The normalized spacial score (nSPS) is 16.9. The number of H-pyrrole nitrogens is 1. The van der Waals surface area contributed by atoms with Crippen LogP contribution in [0.2, 0.25) is 5.15 Å². The highest BCUT2D eigenvalue weighted by Gasteiger charge is 2.41. The Morgan fingerprint density at radius 3 is 2.60 bits per heavy atom. The minimum atomic E-state index is -2.94. The minimum absolute atomic E-state index is 0.0408. The fourth-order valence-electron chi connectivity index (χ4n) is 4.86. The van der Waals surface area contributed by atoms with Gasteiger partial charge in [-0.2, -0.15) is 9.49 Å². The lowest BCUT2D eigenvalue weighted by molar-refractivity contribution is -0.121. The van der Waals surface area contributed by atoms with Gasteiger partial charge in [0.25, 0.3) is 17.4 Å². The number of amides is 2. The van der Waals surface area contributed by atoms with Gasteiger partial charge in [0, 0.05) is 24.8 Å². The van der Waals surface area contributed by atoms with Gasteiger partial charge in [-0.05, 0) is 30.7 Å². The molecule has 17 heteroatoms. The van der Waals surface area contributed by atoms with Crippen molar-refractivity contribution in [1.82, 2.24) is 30.5 Å². The van der Waals surface area contributed by atoms with Crippen LogP contribution in [0.25, 0.3) is 0 Å². The Hall–Kier alpha value is -3.82. The number of hydrogen-bond acceptors (Lipinski definition) is 7. The quantitative estimate of drug-likeness (QED) is 0.279. The van der Waals surface area contributed by atoms with Gasteiger partial charge in [-0.3, -0.25) is 19.1 Å². The zero-order chi connectivity index (χ0) is 30.8. The largest absolute Gasteiger partial charge is 0.364 e. The smallest absolute Gasteiger partial charge is 0.269 e. The van der Waals surface area contributed by atoms with E-state index in [1.54, 1.807) is 13.8 Å². The SMILES string of the molecule is CC(C)c1nocc1C(=O)NC(C(=O)Nc1cn(C(CC(F)F)c2cc(Cl)n[nH]c2=O)nc1F)C1CCC(F)(F)CC1. The Morgan fingerprint density at radius 2 is 1.95 bits per heavy atom. The van der Waals surface area contributed by atoms with Crippen molar-refractivity contribution in [3.63, 3.8) is 0 Å². The molecule has 4 rings (SSSR count). The van der Waals surface area contributed by atoms with Crippen molar-refractivity contribution in [3.05, 3.63) is 56.8 Å². The predicted molar refractivity (Wildman–Crippen MR) is 138 cm³/mol. The number of hydrogen-bond donors (Lipinski definition) is 3. The third kappa shape index (κ3) is 7.14. The van der Waals surface area contributed by atoms with E-state index < -0.39 is 78.6 Å². The minimum Gasteiger partial charge on any atom is -0.364 e. The van der Waals surface area contributed by atoms with E-state index in [0.29, 0.717) is 5.69 Å². The van der Waals surface area contributed by atoms with Crippen molar-refractivity contribution in [2.24, 2.45) is 5.92 Å². The van der Waals surface area contributed by atoms with Crippen LogP contribution < -0.4 is 16.2 Å². The Balaban J connectivity index is 1.62. The van der Waals surface area contributed by atoms with Crippen molar-refractivity contribution in [2.75, 3.05) is 5.32 Å². The average molecular weight is 620 g/mol. The molecule has 0 aliphatic heterocycles. The fourth-order valence-corrected chi connectivity index (χ4v) is 5.02. The van der Waals surface area contributed by atoms with Crippen molar-refractivity contribution in [3.8, 4) is 0 Å². The van der Waals surface area contributed by atoms with Gasteiger partial charge in [0.05, 0.1) is 17.9 Å². The van der Waals surface area contributed by atoms with E-state index in [-0.39, 0.29) is 35.0 Å². The molecule has 0 spiro atoms. The molecule has 228 valence electrons. The van der Waals surface area contributed by atoms with Gasteiger partial charge in [0.2, 0.25) is 18.3 Å². The first-order valence-electron chi connectivity index (χ1n) is 13.0. The van der Waals surface area contributed by atoms with Crippen LogP contribution in [0.15, 0.2) is 27.8 Å². The Morgan fingerprint density at radius 1 is 1.26 bits per heavy atom. The number of alkyl halides is 4. The Labute approximate surface area is 240 Å². The van der Waals surface area contributed by atoms with Crippen molar-refractivity contribution >= 4 is 29.1 Å². The number of nitrogens with zero attached hydrogens (tertiary/aromatic N) is 4. The van der Waals surface area contributed by atoms with Gasteiger partial charge in [-0.1, -0.05) is 30.6 Å². The number of aromatic nitrogens is 5. The van der Waals surface area contributed by atoms with E-state index in [4.69, 9.17) is 16.1 Å². The lowest BCUT2D eigenvalue weighted by Gasteiger charge is -2.33. The molecule has 1 fully saturated rings. The monoisotopic (exact) mass is 619 g/mol. The van der Waals surface area contributed by atoms with Gasteiger partial charge in [-0.15, -0.1) is 5.10 Å². The van der Waals surface area contributed by atoms with Crippen molar-refractivity contribution in [2.45, 2.75) is 76.3 Å². The number of halogens is 6. The number of anilines is 1. The van der Waals surface area contributed by atoms with Crippen molar-refractivity contribution in [1.29, 1.82) is 0 Å². The molecule has 3 heterocycles. The summed E-state index contributed by atoms with van der Waals surface area (Å²) in [6.07, 6.45) is -3.18. The van der Waals surface area contributed by atoms with Crippen LogP contribution in [-0.4, -0.2) is 55.3 Å². The third-order valence-electron chi connectivity index (χ3n) is 7.02. The number of aromatic amines is 1. The second-order valence-electron chi connectivity index (χ2n) is 10.3. The molecule has 3 N–H and O–H groups in total. The molecule has 3 aromatic rings. The van der Waals surface area contributed by atoms with Crippen LogP contribution in [0.3, 0.4) is 0 Å². The summed E-state index contributed by atoms with van der Waals surface area (Å²) < 4.78 is 75.1. The molecular weight excluding hydrogens is 593 g/mol. The van der Waals surface area contributed by atoms with Crippen LogP contribution in [0, 0.1) is 11.9 Å². The highest BCUT2D eigenvalue weighted by Crippen LogP contribution is 2.38. The molecule has 3 aromatic heterocycles. The number of nitrogens with one attached hydrogen (secondary N) is 3. The van der Waals surface area contributed by atoms with Gasteiger partial charge in [-0.25, -0.2) is 22.7 Å². The van der Waals surface area contributed by atoms with Crippen LogP contribution in [0.5, 0.6) is 0 Å². The first-order valence-corrected chi connectivity index (χ1v) is 13.3. The molecule has 0 aromatic carbocycles. The highest BCUT2D eigenvalue weighted by atomic mass is 35.5. The molecule has 2 atom stereocenters. The van der Waals surface area contributed by atoms with E-state index in [9.17, 15) is 36.3 Å². The molecule has 2 unspecified atom stereocenters. The molecule has 2 amide bonds. The lowest BCUT2D eigenvalue weighted by atomic mass is 9.81. The number of carbonyl (C=O) groups excluding carboxylic acids is 2. The van der Waals surface area contributed by atoms with E-state index >= 15 is 0 Å². The molecule has 0 bridgehead atoms. The Kier molecular flexibility index (Phi) is 9.33. The van der Waals surface area contributed by atoms with E-state index in [2.05, 4.69) is 31.1 Å². The van der Waals surface area contributed by atoms with Gasteiger partial charge in [0.1, 0.15) is 28.7 Å². The zero-order valence-corrected chi connectivity index (χ0v) is 23.1. The zero-order valence-electron chi connectivity index (χ0n) is 22.3. The Bertz CT molecular complexity index is 1480. The maximum Gasteiger partial charge on any atom is 0.269 e. The maximum absolute atomic E-state index is 14.9. The molecule has 1 saturated carbocycles. The molecule has 1 aliphatic carbocycles. The standard InChI is InChI=1S/C25H27ClF5N7O4/c1-11(2)19-14(10-42-37-19)22(39)33-20(12-3-5-25(30,31)6-4-12)24(41)32-15-9-38(36-21(15)29)16(8-18(27)28)13-7-17(26)34-35-23(13)40/h7,9-12,16,18,20H,3-6,8H2,1-2H3,(H,32,41)(H,33,39)(H,35,40). The topological polar surface area (TPSA) is 148 Å². The summed E-state index contributed by atoms with van der Waals surface area (Å²) in [6.45, 7) is 3.52. The van der Waals surface area contributed by atoms with Gasteiger partial charge in [0.15, 0.2) is 0 Å². The van der Waals surface area contributed by atoms with Crippen LogP contribution in [0.1, 0.15) is 79.5 Å². The van der Waals surface area contributed by atoms with Crippen molar-refractivity contribution < 1.29 is 36.1 Å². The molecule has 1 aliphatic rings. The summed E-state index contributed by atoms with van der Waals surface area (Å²) in [7, 11) is 0. The maximum atomic E-state index is 14.9. The molecule has 0 saturated heterocycles. The molecule has 11 nitrogen and oxygen atoms in total. The second kappa shape index (κ2) is 12.6. The van der Waals surface area contributed by atoms with Crippen LogP contribution >= 0.6 is 11.6 Å². The molecular formula is C25H27ClF5N7O4. The molecule has 42 heavy (non-hydrogen) atoms. The summed E-state index contributed by atoms with van der Waals surface area (Å²) in [5.74, 6) is -6.86. The highest BCUT2D eigenvalue weighted by molar-refractivity contribution is 6.29. The summed E-state index contributed by atoms with van der Waals surface area (Å²) in [5, 5.41) is 17.5.